The molecule has 1 spiro atoms. The molecule has 1 atom stereocenters. The van der Waals surface area contributed by atoms with Crippen molar-refractivity contribution in [3.8, 4) is 11.8 Å². The van der Waals surface area contributed by atoms with Crippen LogP contribution in [0, 0.1) is 23.2 Å². The third-order valence-electron chi connectivity index (χ3n) is 6.16. The lowest BCUT2D eigenvalue weighted by Crippen LogP contribution is -2.71. The molecule has 1 unspecified atom stereocenters. The standard InChI is InChI=1S/C23H30N2O4S/c1-14-7-11-23(12-8-14)21(29)25(15(2)19(26)24(23)6)17-13-16(9-10-22(3,4)5)30-18(17)20(27)28/h13-15H,7-8,11-12H2,1-6H3,(H,27,28). The van der Waals surface area contributed by atoms with Gasteiger partial charge in [-0.05, 0) is 65.4 Å². The number of carbonyl (C=O) groups excluding carboxylic acids is 2. The highest BCUT2D eigenvalue weighted by molar-refractivity contribution is 7.15. The minimum Gasteiger partial charge on any atom is -0.477 e. The zero-order chi connectivity index (χ0) is 22.4. The van der Waals surface area contributed by atoms with Crippen LogP contribution in [0.25, 0.3) is 0 Å². The number of hydrogen-bond acceptors (Lipinski definition) is 4. The van der Waals surface area contributed by atoms with Crippen LogP contribution in [0.4, 0.5) is 5.69 Å². The van der Waals surface area contributed by atoms with Crippen LogP contribution in [0.15, 0.2) is 6.07 Å². The number of carboxylic acid groups (broad SMARTS) is 1. The van der Waals surface area contributed by atoms with Crippen LogP contribution in [-0.4, -0.2) is 46.4 Å². The quantitative estimate of drug-likeness (QED) is 0.720. The van der Waals surface area contributed by atoms with Crippen molar-refractivity contribution in [3.05, 3.63) is 15.8 Å². The predicted octanol–water partition coefficient (Wildman–Crippen LogP) is 3.99. The molecule has 30 heavy (non-hydrogen) atoms. The predicted molar refractivity (Wildman–Crippen MR) is 118 cm³/mol. The van der Waals surface area contributed by atoms with Gasteiger partial charge in [0.05, 0.1) is 10.6 Å². The average Bonchev–Trinajstić information content (AvgIpc) is 3.09. The molecule has 2 aliphatic rings. The van der Waals surface area contributed by atoms with E-state index in [9.17, 15) is 19.5 Å². The number of anilines is 1. The molecule has 1 N–H and O–H groups in total. The van der Waals surface area contributed by atoms with Gasteiger partial charge in [-0.15, -0.1) is 11.3 Å². The van der Waals surface area contributed by atoms with Crippen molar-refractivity contribution in [2.45, 2.75) is 71.9 Å². The fraction of sp³-hybridized carbons (Fsp3) is 0.609. The van der Waals surface area contributed by atoms with Crippen molar-refractivity contribution < 1.29 is 19.5 Å². The molecule has 2 amide bonds. The first-order valence-corrected chi connectivity index (χ1v) is 11.2. The summed E-state index contributed by atoms with van der Waals surface area (Å²) >= 11 is 1.05. The number of thiophene rings is 1. The lowest BCUT2D eigenvalue weighted by molar-refractivity contribution is -0.154. The van der Waals surface area contributed by atoms with Gasteiger partial charge in [0.25, 0.3) is 5.91 Å². The van der Waals surface area contributed by atoms with Gasteiger partial charge >= 0.3 is 5.97 Å². The van der Waals surface area contributed by atoms with Crippen LogP contribution in [-0.2, 0) is 9.59 Å². The molecule has 1 aromatic rings. The molecule has 0 aromatic carbocycles. The topological polar surface area (TPSA) is 77.9 Å². The van der Waals surface area contributed by atoms with Gasteiger partial charge in [0.1, 0.15) is 16.5 Å². The van der Waals surface area contributed by atoms with Gasteiger partial charge in [-0.3, -0.25) is 14.5 Å². The second-order valence-electron chi connectivity index (χ2n) is 9.59. The van der Waals surface area contributed by atoms with E-state index >= 15 is 0 Å². The van der Waals surface area contributed by atoms with Gasteiger partial charge in [-0.2, -0.15) is 0 Å². The van der Waals surface area contributed by atoms with Gasteiger partial charge in [0.2, 0.25) is 5.91 Å². The van der Waals surface area contributed by atoms with Crippen molar-refractivity contribution in [3.63, 3.8) is 0 Å². The summed E-state index contributed by atoms with van der Waals surface area (Å²) in [6, 6.07) is 0.891. The monoisotopic (exact) mass is 430 g/mol. The van der Waals surface area contributed by atoms with E-state index < -0.39 is 17.6 Å². The highest BCUT2D eigenvalue weighted by atomic mass is 32.1. The molecule has 1 aromatic heterocycles. The number of nitrogens with zero attached hydrogens (tertiary/aromatic N) is 2. The Morgan fingerprint density at radius 1 is 1.23 bits per heavy atom. The molecule has 0 radical (unpaired) electrons. The van der Waals surface area contributed by atoms with Gasteiger partial charge in [-0.25, -0.2) is 4.79 Å². The summed E-state index contributed by atoms with van der Waals surface area (Å²) in [5, 5.41) is 9.79. The Labute approximate surface area is 182 Å². The van der Waals surface area contributed by atoms with E-state index in [1.54, 1.807) is 24.9 Å². The third-order valence-corrected chi connectivity index (χ3v) is 7.19. The first-order chi connectivity index (χ1) is 13.9. The van der Waals surface area contributed by atoms with E-state index in [0.29, 0.717) is 23.6 Å². The van der Waals surface area contributed by atoms with Crippen LogP contribution in [0.2, 0.25) is 0 Å². The van der Waals surface area contributed by atoms with E-state index in [4.69, 9.17) is 0 Å². The summed E-state index contributed by atoms with van der Waals surface area (Å²) in [7, 11) is 1.70. The Morgan fingerprint density at radius 3 is 2.37 bits per heavy atom. The number of amides is 2. The smallest absolute Gasteiger partial charge is 0.348 e. The number of carbonyl (C=O) groups is 3. The summed E-state index contributed by atoms with van der Waals surface area (Å²) in [5.74, 6) is 5.20. The molecule has 2 fully saturated rings. The van der Waals surface area contributed by atoms with Crippen LogP contribution in [0.5, 0.6) is 0 Å². The lowest BCUT2D eigenvalue weighted by Gasteiger charge is -2.52. The summed E-state index contributed by atoms with van der Waals surface area (Å²) in [6.45, 7) is 9.75. The molecule has 3 rings (SSSR count). The Balaban J connectivity index is 2.10. The Kier molecular flexibility index (Phi) is 5.76. The maximum absolute atomic E-state index is 13.8. The summed E-state index contributed by atoms with van der Waals surface area (Å²) in [5.41, 5.74) is -0.850. The lowest BCUT2D eigenvalue weighted by atomic mass is 9.73. The second kappa shape index (κ2) is 7.73. The molecule has 1 saturated heterocycles. The Hall–Kier alpha value is -2.33. The minimum absolute atomic E-state index is 0.0464. The second-order valence-corrected chi connectivity index (χ2v) is 10.6. The van der Waals surface area contributed by atoms with Crippen molar-refractivity contribution >= 4 is 34.8 Å². The summed E-state index contributed by atoms with van der Waals surface area (Å²) < 4.78 is 0. The molecule has 7 heteroatoms. The zero-order valence-electron chi connectivity index (χ0n) is 18.5. The number of aromatic carboxylic acids is 1. The molecule has 1 aliphatic heterocycles. The first-order valence-electron chi connectivity index (χ1n) is 10.4. The van der Waals surface area contributed by atoms with Gasteiger partial charge in [0, 0.05) is 12.5 Å². The molecule has 1 saturated carbocycles. The number of rotatable bonds is 2. The number of piperazine rings is 1. The highest BCUT2D eigenvalue weighted by Gasteiger charge is 2.55. The van der Waals surface area contributed by atoms with Crippen molar-refractivity contribution in [2.75, 3.05) is 11.9 Å². The number of hydrogen-bond donors (Lipinski definition) is 1. The van der Waals surface area contributed by atoms with E-state index in [1.807, 2.05) is 20.8 Å². The van der Waals surface area contributed by atoms with Crippen LogP contribution in [0.3, 0.4) is 0 Å². The molecule has 6 nitrogen and oxygen atoms in total. The van der Waals surface area contributed by atoms with E-state index in [-0.39, 0.29) is 27.8 Å². The Bertz CT molecular complexity index is 939. The molecule has 162 valence electrons. The summed E-state index contributed by atoms with van der Waals surface area (Å²) in [6.07, 6.45) is 2.93. The highest BCUT2D eigenvalue weighted by Crippen LogP contribution is 2.43. The maximum Gasteiger partial charge on any atom is 0.348 e. The van der Waals surface area contributed by atoms with Crippen LogP contribution >= 0.6 is 11.3 Å². The van der Waals surface area contributed by atoms with E-state index in [0.717, 1.165) is 24.2 Å². The van der Waals surface area contributed by atoms with Crippen LogP contribution in [0.1, 0.15) is 74.9 Å². The third kappa shape index (κ3) is 3.85. The number of carboxylic acids is 1. The van der Waals surface area contributed by atoms with Crippen molar-refractivity contribution in [1.82, 2.24) is 4.90 Å². The molecule has 2 heterocycles. The van der Waals surface area contributed by atoms with E-state index in [1.165, 1.54) is 4.90 Å². The molecule has 0 bridgehead atoms. The molecule has 1 aliphatic carbocycles. The summed E-state index contributed by atoms with van der Waals surface area (Å²) in [4.78, 5) is 42.5. The first kappa shape index (κ1) is 22.4. The normalized spacial score (nSPS) is 27.3. The van der Waals surface area contributed by atoms with Crippen LogP contribution < -0.4 is 4.90 Å². The average molecular weight is 431 g/mol. The van der Waals surface area contributed by atoms with Crippen molar-refractivity contribution in [1.29, 1.82) is 0 Å². The fourth-order valence-electron chi connectivity index (χ4n) is 4.28. The molecular weight excluding hydrogens is 400 g/mol. The minimum atomic E-state index is -1.11. The Morgan fingerprint density at radius 2 is 1.83 bits per heavy atom. The zero-order valence-corrected chi connectivity index (χ0v) is 19.4. The van der Waals surface area contributed by atoms with E-state index in [2.05, 4.69) is 18.8 Å². The largest absolute Gasteiger partial charge is 0.477 e. The van der Waals surface area contributed by atoms with Crippen molar-refractivity contribution in [2.24, 2.45) is 11.3 Å². The maximum atomic E-state index is 13.8. The van der Waals surface area contributed by atoms with Gasteiger partial charge in [0.15, 0.2) is 0 Å². The SMILES string of the molecule is CC1CCC2(CC1)C(=O)N(c1cc(C#CC(C)(C)C)sc1C(=O)O)C(C)C(=O)N2C. The van der Waals surface area contributed by atoms with Gasteiger partial charge < -0.3 is 10.0 Å². The number of likely N-dealkylation sites (N-methyl/N-ethyl adjacent to an activating group) is 1. The fourth-order valence-corrected chi connectivity index (χ4v) is 5.12. The molecular formula is C23H30N2O4S. The van der Waals surface area contributed by atoms with Gasteiger partial charge in [-0.1, -0.05) is 18.8 Å².